The molecule has 0 radical (unpaired) electrons. The van der Waals surface area contributed by atoms with Gasteiger partial charge >= 0.3 is 5.97 Å². The van der Waals surface area contributed by atoms with Crippen LogP contribution in [0.4, 0.5) is 0 Å². The SMILES string of the molecule is O=C(O)c1nc(-c2ccc(Cl)cc2)n(-c2ccc(Br)cc2)n1. The number of carboxylic acid groups (broad SMARTS) is 1. The van der Waals surface area contributed by atoms with Crippen molar-refractivity contribution in [3.63, 3.8) is 0 Å². The van der Waals surface area contributed by atoms with Gasteiger partial charge in [-0.25, -0.2) is 14.5 Å². The highest BCUT2D eigenvalue weighted by Gasteiger charge is 2.17. The minimum Gasteiger partial charge on any atom is -0.475 e. The van der Waals surface area contributed by atoms with Crippen molar-refractivity contribution in [2.75, 3.05) is 0 Å². The van der Waals surface area contributed by atoms with Crippen LogP contribution in [0.25, 0.3) is 17.1 Å². The minimum atomic E-state index is -1.17. The first-order valence-corrected chi connectivity index (χ1v) is 7.44. The van der Waals surface area contributed by atoms with Crippen LogP contribution < -0.4 is 0 Å². The third-order valence-corrected chi connectivity index (χ3v) is 3.75. The van der Waals surface area contributed by atoms with Gasteiger partial charge in [0.25, 0.3) is 5.82 Å². The maximum Gasteiger partial charge on any atom is 0.375 e. The van der Waals surface area contributed by atoms with Crippen LogP contribution in [0.5, 0.6) is 0 Å². The molecule has 0 aliphatic rings. The summed E-state index contributed by atoms with van der Waals surface area (Å²) in [6.45, 7) is 0. The summed E-state index contributed by atoms with van der Waals surface area (Å²) in [5.74, 6) is -0.990. The van der Waals surface area contributed by atoms with Crippen LogP contribution in [0.1, 0.15) is 10.6 Å². The molecule has 0 aliphatic heterocycles. The molecule has 3 aromatic rings. The summed E-state index contributed by atoms with van der Waals surface area (Å²) in [4.78, 5) is 15.3. The highest BCUT2D eigenvalue weighted by atomic mass is 79.9. The fourth-order valence-electron chi connectivity index (χ4n) is 1.95. The second-order valence-corrected chi connectivity index (χ2v) is 5.81. The molecule has 5 nitrogen and oxygen atoms in total. The maximum absolute atomic E-state index is 11.2. The molecule has 110 valence electrons. The van der Waals surface area contributed by atoms with Crippen LogP contribution >= 0.6 is 27.5 Å². The van der Waals surface area contributed by atoms with E-state index < -0.39 is 5.97 Å². The third kappa shape index (κ3) is 2.88. The van der Waals surface area contributed by atoms with E-state index in [0.29, 0.717) is 16.5 Å². The first kappa shape index (κ1) is 14.7. The summed E-state index contributed by atoms with van der Waals surface area (Å²) in [6.07, 6.45) is 0. The maximum atomic E-state index is 11.2. The Labute approximate surface area is 139 Å². The van der Waals surface area contributed by atoms with Gasteiger partial charge < -0.3 is 5.11 Å². The third-order valence-electron chi connectivity index (χ3n) is 2.97. The van der Waals surface area contributed by atoms with E-state index in [9.17, 15) is 4.79 Å². The van der Waals surface area contributed by atoms with Gasteiger partial charge in [0.05, 0.1) is 5.69 Å². The van der Waals surface area contributed by atoms with Crippen molar-refractivity contribution in [2.24, 2.45) is 0 Å². The monoisotopic (exact) mass is 377 g/mol. The lowest BCUT2D eigenvalue weighted by Crippen LogP contribution is -2.02. The van der Waals surface area contributed by atoms with Gasteiger partial charge in [0.2, 0.25) is 0 Å². The molecule has 22 heavy (non-hydrogen) atoms. The number of halogens is 2. The van der Waals surface area contributed by atoms with Gasteiger partial charge in [0, 0.05) is 15.1 Å². The molecule has 0 saturated carbocycles. The molecule has 0 amide bonds. The predicted octanol–water partition coefficient (Wildman–Crippen LogP) is 4.05. The Hall–Kier alpha value is -2.18. The van der Waals surface area contributed by atoms with Crippen LogP contribution in [0.3, 0.4) is 0 Å². The largest absolute Gasteiger partial charge is 0.475 e. The standard InChI is InChI=1S/C15H9BrClN3O2/c16-10-3-7-12(8-4-10)20-14(18-13(19-20)15(21)22)9-1-5-11(17)6-2-9/h1-8H,(H,21,22). The topological polar surface area (TPSA) is 68.0 Å². The first-order valence-electron chi connectivity index (χ1n) is 6.27. The first-order chi connectivity index (χ1) is 10.5. The molecule has 1 heterocycles. The highest BCUT2D eigenvalue weighted by molar-refractivity contribution is 9.10. The predicted molar refractivity (Wildman–Crippen MR) is 86.5 cm³/mol. The van der Waals surface area contributed by atoms with Crippen molar-refractivity contribution in [1.29, 1.82) is 0 Å². The van der Waals surface area contributed by atoms with Gasteiger partial charge in [0.1, 0.15) is 0 Å². The Balaban J connectivity index is 2.17. The zero-order valence-corrected chi connectivity index (χ0v) is 13.4. The number of hydrogen-bond donors (Lipinski definition) is 1. The number of benzene rings is 2. The Morgan fingerprint density at radius 1 is 1.09 bits per heavy atom. The van der Waals surface area contributed by atoms with Gasteiger partial charge in [0.15, 0.2) is 5.82 Å². The molecular weight excluding hydrogens is 370 g/mol. The van der Waals surface area contributed by atoms with Gasteiger partial charge in [-0.05, 0) is 48.5 Å². The fourth-order valence-corrected chi connectivity index (χ4v) is 2.34. The second-order valence-electron chi connectivity index (χ2n) is 4.46. The van der Waals surface area contributed by atoms with Gasteiger partial charge in [-0.1, -0.05) is 27.5 Å². The molecule has 3 rings (SSSR count). The number of aromatic nitrogens is 3. The van der Waals surface area contributed by atoms with E-state index in [1.807, 2.05) is 24.3 Å². The summed E-state index contributed by atoms with van der Waals surface area (Å²) in [5, 5.41) is 13.8. The lowest BCUT2D eigenvalue weighted by atomic mass is 10.2. The number of nitrogens with zero attached hydrogens (tertiary/aromatic N) is 3. The molecule has 0 unspecified atom stereocenters. The van der Waals surface area contributed by atoms with Crippen molar-refractivity contribution in [3.05, 3.63) is 63.9 Å². The molecule has 1 N–H and O–H groups in total. The number of carboxylic acids is 1. The molecule has 0 spiro atoms. The van der Waals surface area contributed by atoms with Crippen molar-refractivity contribution in [1.82, 2.24) is 14.8 Å². The quantitative estimate of drug-likeness (QED) is 0.746. The molecule has 0 aliphatic carbocycles. The fraction of sp³-hybridized carbons (Fsp3) is 0. The van der Waals surface area contributed by atoms with Crippen LogP contribution in [0.15, 0.2) is 53.0 Å². The summed E-state index contributed by atoms with van der Waals surface area (Å²) < 4.78 is 2.42. The van der Waals surface area contributed by atoms with Crippen molar-refractivity contribution in [3.8, 4) is 17.1 Å². The molecule has 0 saturated heterocycles. The van der Waals surface area contributed by atoms with E-state index in [0.717, 1.165) is 10.0 Å². The molecule has 0 atom stereocenters. The summed E-state index contributed by atoms with van der Waals surface area (Å²) in [7, 11) is 0. The van der Waals surface area contributed by atoms with Crippen LogP contribution in [0, 0.1) is 0 Å². The second kappa shape index (κ2) is 5.90. The molecular formula is C15H9BrClN3O2. The molecule has 1 aromatic heterocycles. The summed E-state index contributed by atoms with van der Waals surface area (Å²) in [5.41, 5.74) is 1.44. The van der Waals surface area contributed by atoms with E-state index in [-0.39, 0.29) is 5.82 Å². The molecule has 7 heteroatoms. The smallest absolute Gasteiger partial charge is 0.375 e. The van der Waals surface area contributed by atoms with Crippen molar-refractivity contribution >= 4 is 33.5 Å². The van der Waals surface area contributed by atoms with Crippen molar-refractivity contribution < 1.29 is 9.90 Å². The number of aromatic carboxylic acids is 1. The number of carbonyl (C=O) groups is 1. The average molecular weight is 379 g/mol. The van der Waals surface area contributed by atoms with Crippen LogP contribution in [-0.4, -0.2) is 25.8 Å². The van der Waals surface area contributed by atoms with Crippen LogP contribution in [-0.2, 0) is 0 Å². The van der Waals surface area contributed by atoms with E-state index in [1.54, 1.807) is 24.3 Å². The van der Waals surface area contributed by atoms with Gasteiger partial charge in [-0.15, -0.1) is 5.10 Å². The average Bonchev–Trinajstić information content (AvgIpc) is 2.94. The normalized spacial score (nSPS) is 10.6. The highest BCUT2D eigenvalue weighted by Crippen LogP contribution is 2.24. The Kier molecular flexibility index (Phi) is 3.96. The summed E-state index contributed by atoms with van der Waals surface area (Å²) in [6, 6.07) is 14.3. The van der Waals surface area contributed by atoms with Gasteiger partial charge in [-0.3, -0.25) is 0 Å². The van der Waals surface area contributed by atoms with E-state index in [1.165, 1.54) is 4.68 Å². The number of hydrogen-bond acceptors (Lipinski definition) is 3. The summed E-state index contributed by atoms with van der Waals surface area (Å²) >= 11 is 9.25. The van der Waals surface area contributed by atoms with E-state index >= 15 is 0 Å². The number of rotatable bonds is 3. The van der Waals surface area contributed by atoms with E-state index in [4.69, 9.17) is 16.7 Å². The molecule has 2 aromatic carbocycles. The Morgan fingerprint density at radius 3 is 2.32 bits per heavy atom. The lowest BCUT2D eigenvalue weighted by Gasteiger charge is -2.06. The van der Waals surface area contributed by atoms with Crippen LogP contribution in [0.2, 0.25) is 5.02 Å². The zero-order chi connectivity index (χ0) is 15.7. The minimum absolute atomic E-state index is 0.257. The molecule has 0 fully saturated rings. The lowest BCUT2D eigenvalue weighted by molar-refractivity contribution is 0.0683. The Morgan fingerprint density at radius 2 is 1.73 bits per heavy atom. The molecule has 0 bridgehead atoms. The zero-order valence-electron chi connectivity index (χ0n) is 11.1. The van der Waals surface area contributed by atoms with E-state index in [2.05, 4.69) is 26.0 Å². The Bertz CT molecular complexity index is 766. The van der Waals surface area contributed by atoms with Gasteiger partial charge in [-0.2, -0.15) is 0 Å². The van der Waals surface area contributed by atoms with Crippen molar-refractivity contribution in [2.45, 2.75) is 0 Å².